The quantitative estimate of drug-likeness (QED) is 0.635. The van der Waals surface area contributed by atoms with E-state index >= 15 is 0 Å². The summed E-state index contributed by atoms with van der Waals surface area (Å²) in [5.74, 6) is 2.18. The van der Waals surface area contributed by atoms with Gasteiger partial charge in [0.25, 0.3) is 0 Å². The van der Waals surface area contributed by atoms with E-state index in [9.17, 15) is 14.4 Å². The number of likely N-dealkylation sites (tertiary alicyclic amines) is 2. The van der Waals surface area contributed by atoms with Gasteiger partial charge in [-0.1, -0.05) is 12.1 Å². The van der Waals surface area contributed by atoms with E-state index in [1.807, 2.05) is 23.1 Å². The van der Waals surface area contributed by atoms with Crippen LogP contribution in [0.25, 0.3) is 0 Å². The van der Waals surface area contributed by atoms with Crippen LogP contribution < -0.4 is 11.1 Å². The Balaban J connectivity index is 1.09. The van der Waals surface area contributed by atoms with Gasteiger partial charge in [0.2, 0.25) is 17.7 Å². The second kappa shape index (κ2) is 9.47. The van der Waals surface area contributed by atoms with Crippen LogP contribution in [0.15, 0.2) is 24.3 Å². The molecule has 4 aliphatic carbocycles. The van der Waals surface area contributed by atoms with Crippen LogP contribution in [0, 0.1) is 29.1 Å². The molecule has 6 fully saturated rings. The fourth-order valence-corrected chi connectivity index (χ4v) is 8.57. The Morgan fingerprint density at radius 2 is 1.61 bits per heavy atom. The average Bonchev–Trinajstić information content (AvgIpc) is 3.33. The van der Waals surface area contributed by atoms with Gasteiger partial charge in [-0.05, 0) is 113 Å². The number of piperidine rings is 1. The second-order valence-electron chi connectivity index (χ2n) is 12.5. The summed E-state index contributed by atoms with van der Waals surface area (Å²) in [6, 6.07) is 7.67. The lowest BCUT2D eigenvalue weighted by molar-refractivity contribution is -0.160. The molecule has 2 saturated heterocycles. The third-order valence-electron chi connectivity index (χ3n) is 9.90. The number of hydrogen-bond acceptors (Lipinski definition) is 4. The smallest absolute Gasteiger partial charge is 0.247 e. The number of nitrogens with one attached hydrogen (secondary N) is 1. The summed E-state index contributed by atoms with van der Waals surface area (Å²) in [4.78, 5) is 43.0. The predicted molar refractivity (Wildman–Crippen MR) is 138 cm³/mol. The molecule has 6 aliphatic rings. The molecule has 0 radical (unpaired) electrons. The van der Waals surface area contributed by atoms with Crippen molar-refractivity contribution in [2.24, 2.45) is 34.8 Å². The van der Waals surface area contributed by atoms with Crippen molar-refractivity contribution in [3.05, 3.63) is 29.8 Å². The van der Waals surface area contributed by atoms with Crippen LogP contribution in [0.2, 0.25) is 0 Å². The normalized spacial score (nSPS) is 34.2. The van der Waals surface area contributed by atoms with Gasteiger partial charge in [-0.25, -0.2) is 0 Å². The molecule has 1 atom stereocenters. The first-order valence-corrected chi connectivity index (χ1v) is 14.1. The molecule has 0 spiro atoms. The van der Waals surface area contributed by atoms with E-state index in [4.69, 9.17) is 5.73 Å². The van der Waals surface area contributed by atoms with Gasteiger partial charge < -0.3 is 16.0 Å². The molecular formula is C29H40N4O3. The first kappa shape index (κ1) is 24.0. The Kier molecular flexibility index (Phi) is 6.30. The number of anilines is 1. The lowest BCUT2D eigenvalue weighted by Gasteiger charge is -2.56. The van der Waals surface area contributed by atoms with Gasteiger partial charge in [0.05, 0.1) is 5.41 Å². The summed E-state index contributed by atoms with van der Waals surface area (Å²) in [5.41, 5.74) is 7.20. The molecule has 7 heteroatoms. The highest BCUT2D eigenvalue weighted by Crippen LogP contribution is 2.60. The highest BCUT2D eigenvalue weighted by molar-refractivity contribution is 5.98. The maximum absolute atomic E-state index is 13.9. The molecule has 4 bridgehead atoms. The van der Waals surface area contributed by atoms with Crippen molar-refractivity contribution in [3.8, 4) is 0 Å². The van der Waals surface area contributed by atoms with E-state index in [1.165, 1.54) is 19.3 Å². The molecule has 0 unspecified atom stereocenters. The van der Waals surface area contributed by atoms with Crippen molar-refractivity contribution >= 4 is 23.4 Å². The molecular weight excluding hydrogens is 452 g/mol. The molecule has 1 aromatic rings. The van der Waals surface area contributed by atoms with Crippen molar-refractivity contribution in [2.45, 2.75) is 76.8 Å². The monoisotopic (exact) mass is 492 g/mol. The van der Waals surface area contributed by atoms with Gasteiger partial charge in [0.15, 0.2) is 0 Å². The lowest BCUT2D eigenvalue weighted by atomic mass is 9.49. The number of rotatable bonds is 6. The summed E-state index contributed by atoms with van der Waals surface area (Å²) in [6.45, 7) is 3.20. The summed E-state index contributed by atoms with van der Waals surface area (Å²) < 4.78 is 0. The van der Waals surface area contributed by atoms with E-state index in [1.54, 1.807) is 0 Å². The Bertz CT molecular complexity index is 996. The molecule has 194 valence electrons. The van der Waals surface area contributed by atoms with Gasteiger partial charge in [0.1, 0.15) is 6.04 Å². The SMILES string of the molecule is NC(=O)C1CCN(Cc2cccc(NC(=O)[C@H]3CCCN3C(=O)C34CC5CC(CC(C5)C3)C4)c2)CC1. The van der Waals surface area contributed by atoms with E-state index in [-0.39, 0.29) is 35.1 Å². The maximum Gasteiger partial charge on any atom is 0.247 e. The van der Waals surface area contributed by atoms with Crippen molar-refractivity contribution in [1.29, 1.82) is 0 Å². The number of nitrogens with zero attached hydrogens (tertiary/aromatic N) is 2. The second-order valence-corrected chi connectivity index (χ2v) is 12.5. The lowest BCUT2D eigenvalue weighted by Crippen LogP contribution is -2.56. The Morgan fingerprint density at radius 3 is 2.25 bits per heavy atom. The zero-order valence-corrected chi connectivity index (χ0v) is 21.3. The van der Waals surface area contributed by atoms with Gasteiger partial charge >= 0.3 is 0 Å². The highest BCUT2D eigenvalue weighted by atomic mass is 16.2. The Morgan fingerprint density at radius 1 is 0.944 bits per heavy atom. The third-order valence-corrected chi connectivity index (χ3v) is 9.90. The largest absolute Gasteiger partial charge is 0.369 e. The van der Waals surface area contributed by atoms with Crippen LogP contribution in [-0.2, 0) is 20.9 Å². The number of carbonyl (C=O) groups excluding carboxylic acids is 3. The van der Waals surface area contributed by atoms with Crippen LogP contribution in [0.3, 0.4) is 0 Å². The third kappa shape index (κ3) is 4.55. The molecule has 3 amide bonds. The zero-order chi connectivity index (χ0) is 24.9. The highest BCUT2D eigenvalue weighted by Gasteiger charge is 2.56. The minimum atomic E-state index is -0.359. The Labute approximate surface area is 214 Å². The van der Waals surface area contributed by atoms with Crippen molar-refractivity contribution in [3.63, 3.8) is 0 Å². The van der Waals surface area contributed by atoms with Gasteiger partial charge in [0, 0.05) is 24.7 Å². The van der Waals surface area contributed by atoms with Crippen LogP contribution in [0.4, 0.5) is 5.69 Å². The number of nitrogens with two attached hydrogens (primary N) is 1. The molecule has 2 aliphatic heterocycles. The summed E-state index contributed by atoms with van der Waals surface area (Å²) in [7, 11) is 0. The maximum atomic E-state index is 13.9. The molecule has 7 rings (SSSR count). The van der Waals surface area contributed by atoms with E-state index in [0.717, 1.165) is 93.6 Å². The molecule has 3 N–H and O–H groups in total. The molecule has 0 aromatic heterocycles. The molecule has 4 saturated carbocycles. The zero-order valence-electron chi connectivity index (χ0n) is 21.3. The van der Waals surface area contributed by atoms with Crippen LogP contribution in [0.5, 0.6) is 0 Å². The summed E-state index contributed by atoms with van der Waals surface area (Å²) in [5, 5.41) is 3.13. The van der Waals surface area contributed by atoms with Gasteiger partial charge in [-0.15, -0.1) is 0 Å². The number of benzene rings is 1. The van der Waals surface area contributed by atoms with Crippen LogP contribution >= 0.6 is 0 Å². The first-order valence-electron chi connectivity index (χ1n) is 14.1. The molecule has 1 aromatic carbocycles. The fourth-order valence-electron chi connectivity index (χ4n) is 8.57. The predicted octanol–water partition coefficient (Wildman–Crippen LogP) is 3.53. The van der Waals surface area contributed by atoms with E-state index < -0.39 is 0 Å². The molecule has 2 heterocycles. The minimum Gasteiger partial charge on any atom is -0.369 e. The van der Waals surface area contributed by atoms with Crippen LogP contribution in [-0.4, -0.2) is 53.2 Å². The standard InChI is InChI=1S/C29H40N4O3/c30-26(34)23-6-9-32(10-7-23)18-19-3-1-4-24(14-19)31-27(35)25-5-2-8-33(25)28(36)29-15-20-11-21(16-29)13-22(12-20)17-29/h1,3-4,14,20-23,25H,2,5-13,15-18H2,(H2,30,34)(H,31,35)/t20?,21?,22?,25-,29?/m1/s1. The first-order chi connectivity index (χ1) is 17.4. The summed E-state index contributed by atoms with van der Waals surface area (Å²) in [6.07, 6.45) is 10.3. The van der Waals surface area contributed by atoms with E-state index in [2.05, 4.69) is 16.3 Å². The van der Waals surface area contributed by atoms with Crippen LogP contribution in [0.1, 0.15) is 69.8 Å². The number of hydrogen-bond donors (Lipinski definition) is 2. The summed E-state index contributed by atoms with van der Waals surface area (Å²) >= 11 is 0. The topological polar surface area (TPSA) is 95.7 Å². The van der Waals surface area contributed by atoms with Crippen molar-refractivity contribution in [1.82, 2.24) is 9.80 Å². The van der Waals surface area contributed by atoms with Crippen molar-refractivity contribution in [2.75, 3.05) is 25.0 Å². The van der Waals surface area contributed by atoms with Crippen molar-refractivity contribution < 1.29 is 14.4 Å². The van der Waals surface area contributed by atoms with Gasteiger partial charge in [-0.3, -0.25) is 19.3 Å². The number of primary amides is 1. The van der Waals surface area contributed by atoms with Gasteiger partial charge in [-0.2, -0.15) is 0 Å². The number of amides is 3. The number of carbonyl (C=O) groups is 3. The average molecular weight is 493 g/mol. The molecule has 7 nitrogen and oxygen atoms in total. The Hall–Kier alpha value is -2.41. The fraction of sp³-hybridized carbons (Fsp3) is 0.690. The molecule has 36 heavy (non-hydrogen) atoms. The van der Waals surface area contributed by atoms with E-state index in [0.29, 0.717) is 6.54 Å². The minimum absolute atomic E-state index is 0.0117.